The molecule has 2 aromatic rings. The lowest BCUT2D eigenvalue weighted by molar-refractivity contribution is 0.189. The van der Waals surface area contributed by atoms with Gasteiger partial charge in [-0.1, -0.05) is 31.2 Å². The molecule has 5 nitrogen and oxygen atoms in total. The minimum absolute atomic E-state index is 0.151. The summed E-state index contributed by atoms with van der Waals surface area (Å²) in [5.74, 6) is -0.0668. The van der Waals surface area contributed by atoms with Crippen LogP contribution < -0.4 is 15.4 Å². The van der Waals surface area contributed by atoms with Gasteiger partial charge in [0.15, 0.2) is 11.6 Å². The summed E-state index contributed by atoms with van der Waals surface area (Å²) in [6.07, 6.45) is 2.63. The van der Waals surface area contributed by atoms with Crippen molar-refractivity contribution in [2.24, 2.45) is 0 Å². The van der Waals surface area contributed by atoms with E-state index >= 15 is 0 Å². The van der Waals surface area contributed by atoms with Crippen LogP contribution in [0.3, 0.4) is 0 Å². The topological polar surface area (TPSA) is 53.6 Å². The number of ether oxygens (including phenoxy) is 1. The van der Waals surface area contributed by atoms with E-state index in [0.29, 0.717) is 6.54 Å². The lowest BCUT2D eigenvalue weighted by Gasteiger charge is -2.32. The van der Waals surface area contributed by atoms with Gasteiger partial charge in [-0.05, 0) is 48.6 Å². The molecular weight excluding hydrogens is 357 g/mol. The van der Waals surface area contributed by atoms with Crippen molar-refractivity contribution in [1.29, 1.82) is 0 Å². The van der Waals surface area contributed by atoms with Crippen LogP contribution in [0.15, 0.2) is 42.5 Å². The Labute approximate surface area is 165 Å². The summed E-state index contributed by atoms with van der Waals surface area (Å²) in [7, 11) is 1.47. The standard InChI is InChI=1S/C22H28FN3O2/c1-3-17-6-4-5-7-20(17)25-22(27)24-18-10-12-26(13-11-18)15-16-8-9-21(28-2)19(23)14-16/h4-9,14,18H,3,10-13,15H2,1-2H3,(H2,24,25,27). The number of halogens is 1. The maximum absolute atomic E-state index is 13.8. The van der Waals surface area contributed by atoms with Crippen LogP contribution in [0.2, 0.25) is 0 Å². The Morgan fingerprint density at radius 2 is 1.96 bits per heavy atom. The lowest BCUT2D eigenvalue weighted by atomic mass is 10.0. The highest BCUT2D eigenvalue weighted by Gasteiger charge is 2.21. The minimum atomic E-state index is -0.333. The summed E-state index contributed by atoms with van der Waals surface area (Å²) in [5.41, 5.74) is 2.92. The number of benzene rings is 2. The van der Waals surface area contributed by atoms with Crippen LogP contribution in [-0.2, 0) is 13.0 Å². The van der Waals surface area contributed by atoms with E-state index in [9.17, 15) is 9.18 Å². The summed E-state index contributed by atoms with van der Waals surface area (Å²) in [6.45, 7) is 4.50. The van der Waals surface area contributed by atoms with Gasteiger partial charge < -0.3 is 15.4 Å². The highest BCUT2D eigenvalue weighted by atomic mass is 19.1. The summed E-state index contributed by atoms with van der Waals surface area (Å²) in [6, 6.07) is 12.9. The number of nitrogens with zero attached hydrogens (tertiary/aromatic N) is 1. The minimum Gasteiger partial charge on any atom is -0.494 e. The number of hydrogen-bond donors (Lipinski definition) is 2. The summed E-state index contributed by atoms with van der Waals surface area (Å²) < 4.78 is 18.8. The molecule has 28 heavy (non-hydrogen) atoms. The monoisotopic (exact) mass is 385 g/mol. The van der Waals surface area contributed by atoms with Crippen molar-refractivity contribution < 1.29 is 13.9 Å². The van der Waals surface area contributed by atoms with Crippen molar-refractivity contribution in [2.45, 2.75) is 38.8 Å². The molecule has 1 saturated heterocycles. The normalized spacial score (nSPS) is 15.2. The summed E-state index contributed by atoms with van der Waals surface area (Å²) in [5, 5.41) is 6.03. The van der Waals surface area contributed by atoms with Gasteiger partial charge in [-0.15, -0.1) is 0 Å². The zero-order chi connectivity index (χ0) is 19.9. The van der Waals surface area contributed by atoms with Crippen molar-refractivity contribution in [2.75, 3.05) is 25.5 Å². The molecule has 2 amide bonds. The Morgan fingerprint density at radius 1 is 1.21 bits per heavy atom. The lowest BCUT2D eigenvalue weighted by Crippen LogP contribution is -2.45. The number of piperidine rings is 1. The van der Waals surface area contributed by atoms with E-state index in [1.54, 1.807) is 6.07 Å². The van der Waals surface area contributed by atoms with Crippen LogP contribution in [0.5, 0.6) is 5.75 Å². The molecule has 1 aliphatic heterocycles. The number of rotatable bonds is 6. The molecular formula is C22H28FN3O2. The fourth-order valence-corrected chi connectivity index (χ4v) is 3.60. The smallest absolute Gasteiger partial charge is 0.319 e. The highest BCUT2D eigenvalue weighted by Crippen LogP contribution is 2.20. The van der Waals surface area contributed by atoms with Crippen LogP contribution in [0.1, 0.15) is 30.9 Å². The first-order chi connectivity index (χ1) is 13.6. The third-order valence-electron chi connectivity index (χ3n) is 5.19. The van der Waals surface area contributed by atoms with Gasteiger partial charge in [-0.25, -0.2) is 9.18 Å². The van der Waals surface area contributed by atoms with Crippen molar-refractivity contribution in [1.82, 2.24) is 10.2 Å². The van der Waals surface area contributed by atoms with Crippen LogP contribution in [0, 0.1) is 5.82 Å². The third-order valence-corrected chi connectivity index (χ3v) is 5.19. The van der Waals surface area contributed by atoms with E-state index in [1.165, 1.54) is 13.2 Å². The van der Waals surface area contributed by atoms with E-state index in [0.717, 1.165) is 49.2 Å². The van der Waals surface area contributed by atoms with Gasteiger partial charge in [0.2, 0.25) is 0 Å². The molecule has 0 aromatic heterocycles. The Hall–Kier alpha value is -2.60. The van der Waals surface area contributed by atoms with Crippen LogP contribution in [0.4, 0.5) is 14.9 Å². The molecule has 2 N–H and O–H groups in total. The van der Waals surface area contributed by atoms with Gasteiger partial charge in [0.25, 0.3) is 0 Å². The summed E-state index contributed by atoms with van der Waals surface area (Å²) >= 11 is 0. The second kappa shape index (κ2) is 9.55. The number of amides is 2. The number of anilines is 1. The maximum Gasteiger partial charge on any atom is 0.319 e. The number of carbonyl (C=O) groups is 1. The molecule has 6 heteroatoms. The number of hydrogen-bond acceptors (Lipinski definition) is 3. The molecule has 2 aromatic carbocycles. The first-order valence-electron chi connectivity index (χ1n) is 9.79. The number of nitrogens with one attached hydrogen (secondary N) is 2. The number of likely N-dealkylation sites (tertiary alicyclic amines) is 1. The molecule has 0 bridgehead atoms. The van der Waals surface area contributed by atoms with Crippen LogP contribution >= 0.6 is 0 Å². The predicted octanol–water partition coefficient (Wildman–Crippen LogP) is 4.18. The van der Waals surface area contributed by atoms with E-state index < -0.39 is 0 Å². The Kier molecular flexibility index (Phi) is 6.87. The van der Waals surface area contributed by atoms with Crippen molar-refractivity contribution in [3.05, 3.63) is 59.4 Å². The number of urea groups is 1. The van der Waals surface area contributed by atoms with E-state index in [1.807, 2.05) is 30.3 Å². The fourth-order valence-electron chi connectivity index (χ4n) is 3.60. The number of methoxy groups -OCH3 is 1. The van der Waals surface area contributed by atoms with Crippen LogP contribution in [-0.4, -0.2) is 37.2 Å². The molecule has 0 radical (unpaired) electrons. The van der Waals surface area contributed by atoms with Crippen LogP contribution in [0.25, 0.3) is 0 Å². The number of aryl methyl sites for hydroxylation is 1. The first-order valence-corrected chi connectivity index (χ1v) is 9.79. The van der Waals surface area contributed by atoms with Gasteiger partial charge >= 0.3 is 6.03 Å². The van der Waals surface area contributed by atoms with Gasteiger partial charge in [0, 0.05) is 31.4 Å². The maximum atomic E-state index is 13.8. The zero-order valence-corrected chi connectivity index (χ0v) is 16.5. The van der Waals surface area contributed by atoms with Gasteiger partial charge in [0.05, 0.1) is 7.11 Å². The Morgan fingerprint density at radius 3 is 2.64 bits per heavy atom. The molecule has 150 valence electrons. The molecule has 3 rings (SSSR count). The molecule has 1 heterocycles. The van der Waals surface area contributed by atoms with E-state index in [2.05, 4.69) is 22.5 Å². The molecule has 0 spiro atoms. The molecule has 0 atom stereocenters. The van der Waals surface area contributed by atoms with Crippen molar-refractivity contribution >= 4 is 11.7 Å². The van der Waals surface area contributed by atoms with Gasteiger partial charge in [-0.3, -0.25) is 4.90 Å². The predicted molar refractivity (Wildman–Crippen MR) is 109 cm³/mol. The molecule has 0 aliphatic carbocycles. The molecule has 1 aliphatic rings. The quantitative estimate of drug-likeness (QED) is 0.784. The van der Waals surface area contributed by atoms with E-state index in [4.69, 9.17) is 4.74 Å². The third kappa shape index (κ3) is 5.23. The van der Waals surface area contributed by atoms with Crippen molar-refractivity contribution in [3.63, 3.8) is 0 Å². The second-order valence-electron chi connectivity index (χ2n) is 7.13. The van der Waals surface area contributed by atoms with Gasteiger partial charge in [-0.2, -0.15) is 0 Å². The molecule has 1 fully saturated rings. The fraction of sp³-hybridized carbons (Fsp3) is 0.409. The molecule has 0 unspecified atom stereocenters. The second-order valence-corrected chi connectivity index (χ2v) is 7.13. The van der Waals surface area contributed by atoms with Gasteiger partial charge in [0.1, 0.15) is 0 Å². The Balaban J connectivity index is 1.46. The first kappa shape index (κ1) is 20.1. The Bertz CT molecular complexity index is 804. The largest absolute Gasteiger partial charge is 0.494 e. The number of carbonyl (C=O) groups excluding carboxylic acids is 1. The number of para-hydroxylation sites is 1. The highest BCUT2D eigenvalue weighted by molar-refractivity contribution is 5.90. The average Bonchev–Trinajstić information content (AvgIpc) is 2.70. The van der Waals surface area contributed by atoms with Crippen molar-refractivity contribution in [3.8, 4) is 5.75 Å². The average molecular weight is 385 g/mol. The zero-order valence-electron chi connectivity index (χ0n) is 16.5. The van der Waals surface area contributed by atoms with E-state index in [-0.39, 0.29) is 23.6 Å². The SMILES string of the molecule is CCc1ccccc1NC(=O)NC1CCN(Cc2ccc(OC)c(F)c2)CC1. The molecule has 0 saturated carbocycles. The summed E-state index contributed by atoms with van der Waals surface area (Å²) in [4.78, 5) is 14.6.